The summed E-state index contributed by atoms with van der Waals surface area (Å²) in [5.74, 6) is -1.49. The summed E-state index contributed by atoms with van der Waals surface area (Å²) in [6, 6.07) is 9.50. The number of benzene rings is 2. The number of halogens is 1. The van der Waals surface area contributed by atoms with Crippen LogP contribution >= 0.6 is 0 Å². The highest BCUT2D eigenvalue weighted by atomic mass is 19.1. The number of nitrogens with one attached hydrogen (secondary N) is 1. The van der Waals surface area contributed by atoms with E-state index in [4.69, 9.17) is 9.31 Å². The molecule has 1 aliphatic rings. The number of carbonyl (C=O) groups excluding carboxylic acids is 2. The fraction of sp³-hybridized carbons (Fsp3) is 0.517. The van der Waals surface area contributed by atoms with Crippen molar-refractivity contribution in [2.24, 2.45) is 5.41 Å². The molecular formula is C29H40BFN2O4. The molecule has 1 N–H and O–H groups in total. The highest BCUT2D eigenvalue weighted by Gasteiger charge is 2.52. The molecule has 2 amide bonds. The van der Waals surface area contributed by atoms with Crippen LogP contribution in [-0.2, 0) is 9.31 Å². The maximum Gasteiger partial charge on any atom is 0.497 e. The lowest BCUT2D eigenvalue weighted by Crippen LogP contribution is -2.56. The van der Waals surface area contributed by atoms with Crippen LogP contribution in [0.1, 0.15) is 93.7 Å². The smallest absolute Gasteiger partial charge is 0.399 e. The Balaban J connectivity index is 1.91. The number of rotatable bonds is 5. The van der Waals surface area contributed by atoms with Crippen molar-refractivity contribution >= 4 is 24.4 Å². The zero-order valence-electron chi connectivity index (χ0n) is 23.8. The van der Waals surface area contributed by atoms with E-state index in [1.807, 2.05) is 87.4 Å². The van der Waals surface area contributed by atoms with Gasteiger partial charge in [-0.2, -0.15) is 0 Å². The molecule has 2 aromatic carbocycles. The highest BCUT2D eigenvalue weighted by Crippen LogP contribution is 2.36. The summed E-state index contributed by atoms with van der Waals surface area (Å²) in [6.07, 6.45) is 0.621. The fourth-order valence-electron chi connectivity index (χ4n) is 4.69. The summed E-state index contributed by atoms with van der Waals surface area (Å²) in [7, 11) is -0.880. The first kappa shape index (κ1) is 28.9. The zero-order chi connectivity index (χ0) is 27.9. The third-order valence-corrected chi connectivity index (χ3v) is 7.38. The van der Waals surface area contributed by atoms with E-state index in [2.05, 4.69) is 5.43 Å². The highest BCUT2D eigenvalue weighted by molar-refractivity contribution is 6.62. The summed E-state index contributed by atoms with van der Waals surface area (Å²) >= 11 is 0. The molecule has 0 unspecified atom stereocenters. The SMILES string of the molecule is CC[C@@H](N(NC(=O)c1ccc(B2OC(C)(C)C(C)(C)O2)c(F)c1)C(=O)c1cc(C)cc(C)c1)C(C)(C)C. The van der Waals surface area contributed by atoms with Crippen LogP contribution in [0.25, 0.3) is 0 Å². The van der Waals surface area contributed by atoms with Gasteiger partial charge in [0.15, 0.2) is 0 Å². The Hall–Kier alpha value is -2.71. The Morgan fingerprint density at radius 1 is 0.973 bits per heavy atom. The van der Waals surface area contributed by atoms with Gasteiger partial charge in [-0.3, -0.25) is 15.0 Å². The number of aryl methyl sites for hydroxylation is 2. The lowest BCUT2D eigenvalue weighted by molar-refractivity contribution is 0.00578. The molecule has 0 aliphatic carbocycles. The van der Waals surface area contributed by atoms with Crippen LogP contribution in [0.3, 0.4) is 0 Å². The van der Waals surface area contributed by atoms with Crippen molar-refractivity contribution in [1.29, 1.82) is 0 Å². The Morgan fingerprint density at radius 3 is 1.97 bits per heavy atom. The molecule has 200 valence electrons. The Labute approximate surface area is 221 Å². The van der Waals surface area contributed by atoms with Gasteiger partial charge in [0, 0.05) is 16.6 Å². The Bertz CT molecular complexity index is 1150. The first-order valence-electron chi connectivity index (χ1n) is 12.8. The van der Waals surface area contributed by atoms with Crippen molar-refractivity contribution in [3.8, 4) is 0 Å². The predicted molar refractivity (Wildman–Crippen MR) is 145 cm³/mol. The van der Waals surface area contributed by atoms with E-state index in [1.165, 1.54) is 17.1 Å². The Kier molecular flexibility index (Phi) is 7.97. The molecule has 1 atom stereocenters. The summed E-state index contributed by atoms with van der Waals surface area (Å²) in [5.41, 5.74) is 3.96. The van der Waals surface area contributed by atoms with Crippen LogP contribution in [0.15, 0.2) is 36.4 Å². The molecule has 3 rings (SSSR count). The van der Waals surface area contributed by atoms with Gasteiger partial charge in [-0.1, -0.05) is 51.0 Å². The minimum absolute atomic E-state index is 0.0970. The topological polar surface area (TPSA) is 67.9 Å². The van der Waals surface area contributed by atoms with Gasteiger partial charge in [-0.05, 0) is 77.6 Å². The van der Waals surface area contributed by atoms with Gasteiger partial charge >= 0.3 is 7.12 Å². The standard InChI is InChI=1S/C29H40BFN2O4/c1-11-24(27(4,5)6)33(26(35)21-15-18(2)14-19(3)16-21)32-25(34)20-12-13-22(23(31)17-20)30-36-28(7,8)29(9,10)37-30/h12-17,24H,11H2,1-10H3,(H,32,34)/t24-/m1/s1. The van der Waals surface area contributed by atoms with Gasteiger partial charge in [-0.15, -0.1) is 0 Å². The first-order chi connectivity index (χ1) is 17.0. The molecule has 1 saturated heterocycles. The predicted octanol–water partition coefficient (Wildman–Crippen LogP) is 5.35. The van der Waals surface area contributed by atoms with Crippen molar-refractivity contribution in [1.82, 2.24) is 10.4 Å². The van der Waals surface area contributed by atoms with Crippen LogP contribution in [0.2, 0.25) is 0 Å². The Morgan fingerprint density at radius 2 is 1.51 bits per heavy atom. The van der Waals surface area contributed by atoms with E-state index in [9.17, 15) is 9.59 Å². The second-order valence-electron chi connectivity index (χ2n) is 12.1. The van der Waals surface area contributed by atoms with Crippen LogP contribution in [0.5, 0.6) is 0 Å². The first-order valence-corrected chi connectivity index (χ1v) is 12.8. The van der Waals surface area contributed by atoms with E-state index in [0.29, 0.717) is 12.0 Å². The van der Waals surface area contributed by atoms with Crippen molar-refractivity contribution in [2.75, 3.05) is 0 Å². The van der Waals surface area contributed by atoms with E-state index in [1.54, 1.807) is 0 Å². The van der Waals surface area contributed by atoms with Gasteiger partial charge in [0.1, 0.15) is 5.82 Å². The largest absolute Gasteiger partial charge is 0.497 e. The van der Waals surface area contributed by atoms with Crippen molar-refractivity contribution in [2.45, 2.75) is 92.9 Å². The number of amides is 2. The number of hydrogen-bond acceptors (Lipinski definition) is 4. The van der Waals surface area contributed by atoms with E-state index in [0.717, 1.165) is 17.2 Å². The second kappa shape index (κ2) is 10.2. The molecule has 1 aliphatic heterocycles. The molecule has 0 saturated carbocycles. The summed E-state index contributed by atoms with van der Waals surface area (Å²) in [6.45, 7) is 19.5. The average molecular weight is 510 g/mol. The van der Waals surface area contributed by atoms with Gasteiger partial charge in [0.2, 0.25) is 0 Å². The van der Waals surface area contributed by atoms with E-state index < -0.39 is 30.0 Å². The summed E-state index contributed by atoms with van der Waals surface area (Å²) < 4.78 is 27.1. The maximum atomic E-state index is 15.2. The minimum Gasteiger partial charge on any atom is -0.399 e. The van der Waals surface area contributed by atoms with Crippen LogP contribution in [0, 0.1) is 25.1 Å². The number of nitrogens with zero attached hydrogens (tertiary/aromatic N) is 1. The van der Waals surface area contributed by atoms with E-state index >= 15 is 4.39 Å². The van der Waals surface area contributed by atoms with Gasteiger partial charge in [0.05, 0.1) is 17.2 Å². The van der Waals surface area contributed by atoms with Gasteiger partial charge in [0.25, 0.3) is 11.8 Å². The monoisotopic (exact) mass is 510 g/mol. The van der Waals surface area contributed by atoms with Crippen molar-refractivity contribution in [3.05, 3.63) is 64.5 Å². The maximum absolute atomic E-state index is 15.2. The molecule has 37 heavy (non-hydrogen) atoms. The summed E-state index contributed by atoms with van der Waals surface area (Å²) in [4.78, 5) is 27.0. The zero-order valence-corrected chi connectivity index (χ0v) is 23.8. The van der Waals surface area contributed by atoms with Gasteiger partial charge in [-0.25, -0.2) is 9.40 Å². The van der Waals surface area contributed by atoms with Crippen LogP contribution in [-0.4, -0.2) is 41.2 Å². The molecule has 0 spiro atoms. The number of hydrogen-bond donors (Lipinski definition) is 1. The molecular weight excluding hydrogens is 470 g/mol. The van der Waals surface area contributed by atoms with Crippen LogP contribution in [0.4, 0.5) is 4.39 Å². The minimum atomic E-state index is -0.880. The lowest BCUT2D eigenvalue weighted by atomic mass is 9.78. The molecule has 0 aromatic heterocycles. The lowest BCUT2D eigenvalue weighted by Gasteiger charge is -2.39. The third kappa shape index (κ3) is 6.07. The third-order valence-electron chi connectivity index (χ3n) is 7.38. The van der Waals surface area contributed by atoms with Crippen LogP contribution < -0.4 is 10.9 Å². The molecule has 2 aromatic rings. The second-order valence-corrected chi connectivity index (χ2v) is 12.1. The molecule has 6 nitrogen and oxygen atoms in total. The molecule has 1 fully saturated rings. The van der Waals surface area contributed by atoms with E-state index in [-0.39, 0.29) is 28.4 Å². The number of hydrazine groups is 1. The fourth-order valence-corrected chi connectivity index (χ4v) is 4.69. The molecule has 0 radical (unpaired) electrons. The number of carbonyl (C=O) groups is 2. The van der Waals surface area contributed by atoms with Gasteiger partial charge < -0.3 is 9.31 Å². The molecule has 0 bridgehead atoms. The summed E-state index contributed by atoms with van der Waals surface area (Å²) in [5, 5.41) is 1.40. The molecule has 8 heteroatoms. The molecule has 1 heterocycles. The van der Waals surface area contributed by atoms with Crippen molar-refractivity contribution in [3.63, 3.8) is 0 Å². The average Bonchev–Trinajstić information content (AvgIpc) is 2.97. The normalized spacial score (nSPS) is 17.4. The quantitative estimate of drug-likeness (QED) is 0.435. The van der Waals surface area contributed by atoms with Crippen molar-refractivity contribution < 1.29 is 23.3 Å².